The van der Waals surface area contributed by atoms with E-state index >= 15 is 0 Å². The summed E-state index contributed by atoms with van der Waals surface area (Å²) in [5, 5.41) is 2.93. The Labute approximate surface area is 96.0 Å². The van der Waals surface area contributed by atoms with E-state index in [1.165, 1.54) is 19.3 Å². The molecule has 3 heteroatoms. The fourth-order valence-corrected chi connectivity index (χ4v) is 1.94. The van der Waals surface area contributed by atoms with Crippen LogP contribution in [0.4, 0.5) is 5.69 Å². The van der Waals surface area contributed by atoms with Gasteiger partial charge in [0.05, 0.1) is 0 Å². The van der Waals surface area contributed by atoms with Crippen LogP contribution in [0, 0.1) is 5.92 Å². The molecule has 1 aliphatic carbocycles. The number of carbonyl (C=O) groups excluding carboxylic acids is 1. The van der Waals surface area contributed by atoms with E-state index in [0.717, 1.165) is 11.3 Å². The Balaban J connectivity index is 1.75. The second-order valence-corrected chi connectivity index (χ2v) is 4.52. The molecule has 0 aliphatic heterocycles. The van der Waals surface area contributed by atoms with E-state index in [1.807, 2.05) is 24.3 Å². The van der Waals surface area contributed by atoms with Crippen LogP contribution in [0.25, 0.3) is 0 Å². The molecule has 0 radical (unpaired) electrons. The summed E-state index contributed by atoms with van der Waals surface area (Å²) in [6.07, 6.45) is 4.40. The second-order valence-electron chi connectivity index (χ2n) is 4.52. The fourth-order valence-electron chi connectivity index (χ4n) is 1.94. The van der Waals surface area contributed by atoms with E-state index in [-0.39, 0.29) is 5.91 Å². The minimum atomic E-state index is 0.159. The van der Waals surface area contributed by atoms with E-state index in [4.69, 9.17) is 5.73 Å². The van der Waals surface area contributed by atoms with Crippen LogP contribution in [0.15, 0.2) is 24.3 Å². The number of anilines is 1. The van der Waals surface area contributed by atoms with Gasteiger partial charge in [-0.3, -0.25) is 4.79 Å². The average molecular weight is 218 g/mol. The van der Waals surface area contributed by atoms with Crippen molar-refractivity contribution < 1.29 is 4.79 Å². The van der Waals surface area contributed by atoms with Gasteiger partial charge in [0.1, 0.15) is 0 Å². The summed E-state index contributed by atoms with van der Waals surface area (Å²) in [6.45, 7) is 0.580. The lowest BCUT2D eigenvalue weighted by atomic mass is 9.83. The molecule has 1 aliphatic rings. The third-order valence-electron chi connectivity index (χ3n) is 3.14. The third-order valence-corrected chi connectivity index (χ3v) is 3.14. The fraction of sp³-hybridized carbons (Fsp3) is 0.462. The van der Waals surface area contributed by atoms with E-state index in [1.54, 1.807) is 0 Å². The van der Waals surface area contributed by atoms with Crippen molar-refractivity contribution in [3.63, 3.8) is 0 Å². The van der Waals surface area contributed by atoms with Gasteiger partial charge in [0.15, 0.2) is 0 Å². The summed E-state index contributed by atoms with van der Waals surface area (Å²) < 4.78 is 0. The van der Waals surface area contributed by atoms with Gasteiger partial charge in [-0.25, -0.2) is 0 Å². The number of nitrogens with one attached hydrogen (secondary N) is 1. The first-order chi connectivity index (χ1) is 7.74. The zero-order chi connectivity index (χ0) is 11.4. The van der Waals surface area contributed by atoms with Crippen LogP contribution in [-0.4, -0.2) is 5.91 Å². The van der Waals surface area contributed by atoms with Crippen molar-refractivity contribution in [2.75, 3.05) is 5.73 Å². The van der Waals surface area contributed by atoms with E-state index < -0.39 is 0 Å². The quantitative estimate of drug-likeness (QED) is 0.760. The molecule has 2 rings (SSSR count). The van der Waals surface area contributed by atoms with Crippen LogP contribution < -0.4 is 11.1 Å². The van der Waals surface area contributed by atoms with Gasteiger partial charge in [-0.1, -0.05) is 18.6 Å². The zero-order valence-electron chi connectivity index (χ0n) is 9.41. The molecule has 16 heavy (non-hydrogen) atoms. The van der Waals surface area contributed by atoms with Crippen molar-refractivity contribution in [2.24, 2.45) is 5.92 Å². The van der Waals surface area contributed by atoms with E-state index in [2.05, 4.69) is 5.32 Å². The Morgan fingerprint density at radius 2 is 2.25 bits per heavy atom. The highest BCUT2D eigenvalue weighted by Crippen LogP contribution is 2.29. The Morgan fingerprint density at radius 1 is 1.44 bits per heavy atom. The van der Waals surface area contributed by atoms with Crippen molar-refractivity contribution in [2.45, 2.75) is 32.2 Å². The van der Waals surface area contributed by atoms with Crippen LogP contribution in [-0.2, 0) is 11.3 Å². The van der Waals surface area contributed by atoms with Gasteiger partial charge >= 0.3 is 0 Å². The predicted molar refractivity (Wildman–Crippen MR) is 64.7 cm³/mol. The molecular formula is C13H18N2O. The molecule has 0 saturated heterocycles. The maximum atomic E-state index is 11.6. The van der Waals surface area contributed by atoms with Crippen LogP contribution in [0.3, 0.4) is 0 Å². The molecule has 0 spiro atoms. The number of hydrogen-bond acceptors (Lipinski definition) is 2. The Hall–Kier alpha value is -1.51. The maximum Gasteiger partial charge on any atom is 0.220 e. The molecule has 0 bridgehead atoms. The SMILES string of the molecule is Nc1cccc(CNC(=O)CC2CCC2)c1. The zero-order valence-corrected chi connectivity index (χ0v) is 9.41. The standard InChI is InChI=1S/C13H18N2O/c14-12-6-2-5-11(7-12)9-15-13(16)8-10-3-1-4-10/h2,5-7,10H,1,3-4,8-9,14H2,(H,15,16). The predicted octanol–water partition coefficient (Wildman–Crippen LogP) is 2.08. The lowest BCUT2D eigenvalue weighted by molar-refractivity contribution is -0.122. The van der Waals surface area contributed by atoms with Crippen LogP contribution in [0.2, 0.25) is 0 Å². The minimum Gasteiger partial charge on any atom is -0.399 e. The lowest BCUT2D eigenvalue weighted by Crippen LogP contribution is -2.27. The van der Waals surface area contributed by atoms with Gasteiger partial charge in [-0.15, -0.1) is 0 Å². The number of rotatable bonds is 4. The molecular weight excluding hydrogens is 200 g/mol. The number of amides is 1. The number of nitrogens with two attached hydrogens (primary N) is 1. The summed E-state index contributed by atoms with van der Waals surface area (Å²) in [4.78, 5) is 11.6. The second kappa shape index (κ2) is 5.01. The first-order valence-electron chi connectivity index (χ1n) is 5.85. The van der Waals surface area contributed by atoms with Gasteiger partial charge in [0.2, 0.25) is 5.91 Å². The van der Waals surface area contributed by atoms with Crippen LogP contribution in [0.5, 0.6) is 0 Å². The van der Waals surface area contributed by atoms with Crippen LogP contribution >= 0.6 is 0 Å². The van der Waals surface area contributed by atoms with E-state index in [9.17, 15) is 4.79 Å². The normalized spacial score (nSPS) is 15.5. The van der Waals surface area contributed by atoms with Gasteiger partial charge in [-0.2, -0.15) is 0 Å². The van der Waals surface area contributed by atoms with Crippen molar-refractivity contribution >= 4 is 11.6 Å². The molecule has 1 aromatic rings. The summed E-state index contributed by atoms with van der Waals surface area (Å²) in [5.74, 6) is 0.785. The molecule has 1 amide bonds. The van der Waals surface area contributed by atoms with Gasteiger partial charge < -0.3 is 11.1 Å². The molecule has 3 nitrogen and oxygen atoms in total. The highest BCUT2D eigenvalue weighted by atomic mass is 16.1. The van der Waals surface area contributed by atoms with Crippen molar-refractivity contribution in [3.8, 4) is 0 Å². The maximum absolute atomic E-state index is 11.6. The highest BCUT2D eigenvalue weighted by Gasteiger charge is 2.20. The molecule has 0 unspecified atom stereocenters. The number of hydrogen-bond donors (Lipinski definition) is 2. The number of benzene rings is 1. The molecule has 1 saturated carbocycles. The Morgan fingerprint density at radius 3 is 2.88 bits per heavy atom. The van der Waals surface area contributed by atoms with Crippen molar-refractivity contribution in [1.82, 2.24) is 5.32 Å². The average Bonchev–Trinajstić information content (AvgIpc) is 2.21. The molecule has 0 atom stereocenters. The number of nitrogen functional groups attached to an aromatic ring is 1. The largest absolute Gasteiger partial charge is 0.399 e. The third kappa shape index (κ3) is 2.99. The van der Waals surface area contributed by atoms with Gasteiger partial charge in [0.25, 0.3) is 0 Å². The molecule has 0 aromatic heterocycles. The molecule has 3 N–H and O–H groups in total. The van der Waals surface area contributed by atoms with Gasteiger partial charge in [-0.05, 0) is 36.5 Å². The van der Waals surface area contributed by atoms with Crippen molar-refractivity contribution in [1.29, 1.82) is 0 Å². The molecule has 1 fully saturated rings. The van der Waals surface area contributed by atoms with Crippen molar-refractivity contribution in [3.05, 3.63) is 29.8 Å². The van der Waals surface area contributed by atoms with Gasteiger partial charge in [0, 0.05) is 18.7 Å². The Bertz CT molecular complexity index is 372. The summed E-state index contributed by atoms with van der Waals surface area (Å²) in [6, 6.07) is 7.62. The summed E-state index contributed by atoms with van der Waals surface area (Å²) in [5.41, 5.74) is 7.46. The highest BCUT2D eigenvalue weighted by molar-refractivity contribution is 5.76. The monoisotopic (exact) mass is 218 g/mol. The van der Waals surface area contributed by atoms with E-state index in [0.29, 0.717) is 18.9 Å². The molecule has 0 heterocycles. The number of carbonyl (C=O) groups is 1. The Kier molecular flexibility index (Phi) is 3.44. The minimum absolute atomic E-state index is 0.159. The molecule has 86 valence electrons. The lowest BCUT2D eigenvalue weighted by Gasteiger charge is -2.24. The first kappa shape index (κ1) is 11.0. The molecule has 1 aromatic carbocycles. The smallest absolute Gasteiger partial charge is 0.220 e. The van der Waals surface area contributed by atoms with Crippen LogP contribution in [0.1, 0.15) is 31.2 Å². The summed E-state index contributed by atoms with van der Waals surface area (Å²) >= 11 is 0. The first-order valence-corrected chi connectivity index (χ1v) is 5.85. The summed E-state index contributed by atoms with van der Waals surface area (Å²) in [7, 11) is 0. The topological polar surface area (TPSA) is 55.1 Å².